The summed E-state index contributed by atoms with van der Waals surface area (Å²) in [5.74, 6) is -0.412. The Kier molecular flexibility index (Phi) is 4.22. The number of aryl methyl sites for hydroxylation is 2. The molecule has 118 valence electrons. The van der Waals surface area contributed by atoms with Crippen LogP contribution in [0, 0.1) is 13.8 Å². The van der Waals surface area contributed by atoms with Crippen molar-refractivity contribution < 1.29 is 9.59 Å². The highest BCUT2D eigenvalue weighted by atomic mass is 79.9. The number of benzene rings is 2. The molecule has 0 aliphatic carbocycles. The molecular formula is C18H17BrN2O2. The Hall–Kier alpha value is -2.14. The summed E-state index contributed by atoms with van der Waals surface area (Å²) in [6, 6.07) is 12.7. The number of anilines is 2. The summed E-state index contributed by atoms with van der Waals surface area (Å²) in [6.07, 6.45) is 0.160. The fraction of sp³-hybridized carbons (Fsp3) is 0.222. The van der Waals surface area contributed by atoms with Crippen molar-refractivity contribution in [3.8, 4) is 0 Å². The third-order valence-electron chi connectivity index (χ3n) is 3.80. The highest BCUT2D eigenvalue weighted by molar-refractivity contribution is 9.10. The molecule has 3 rings (SSSR count). The van der Waals surface area contributed by atoms with Gasteiger partial charge >= 0.3 is 0 Å². The van der Waals surface area contributed by atoms with E-state index < -0.39 is 6.04 Å². The van der Waals surface area contributed by atoms with E-state index in [1.165, 1.54) is 4.90 Å². The molecule has 23 heavy (non-hydrogen) atoms. The van der Waals surface area contributed by atoms with Crippen LogP contribution in [-0.2, 0) is 9.59 Å². The second-order valence-corrected chi connectivity index (χ2v) is 6.65. The van der Waals surface area contributed by atoms with E-state index in [4.69, 9.17) is 0 Å². The number of hydrogen-bond donors (Lipinski definition) is 1. The van der Waals surface area contributed by atoms with Crippen LogP contribution in [0.15, 0.2) is 46.9 Å². The predicted octanol–water partition coefficient (Wildman–Crippen LogP) is 3.81. The van der Waals surface area contributed by atoms with Crippen LogP contribution in [0.25, 0.3) is 0 Å². The molecule has 2 amide bonds. The van der Waals surface area contributed by atoms with E-state index in [2.05, 4.69) is 27.3 Å². The molecule has 2 aromatic rings. The lowest BCUT2D eigenvalue weighted by atomic mass is 10.1. The zero-order valence-corrected chi connectivity index (χ0v) is 14.6. The first kappa shape index (κ1) is 15.7. The quantitative estimate of drug-likeness (QED) is 0.833. The maximum Gasteiger partial charge on any atom is 0.256 e. The molecule has 1 aliphatic heterocycles. The highest BCUT2D eigenvalue weighted by Crippen LogP contribution is 2.31. The zero-order chi connectivity index (χ0) is 16.6. The van der Waals surface area contributed by atoms with Crippen molar-refractivity contribution in [1.29, 1.82) is 0 Å². The number of imide groups is 1. The molecule has 2 aromatic carbocycles. The van der Waals surface area contributed by atoms with E-state index in [1.54, 1.807) is 6.07 Å². The van der Waals surface area contributed by atoms with Crippen LogP contribution in [0.2, 0.25) is 0 Å². The lowest BCUT2D eigenvalue weighted by molar-refractivity contribution is -0.121. The van der Waals surface area contributed by atoms with Crippen molar-refractivity contribution in [2.24, 2.45) is 0 Å². The summed E-state index contributed by atoms with van der Waals surface area (Å²) >= 11 is 3.40. The Balaban J connectivity index is 1.85. The summed E-state index contributed by atoms with van der Waals surface area (Å²) in [7, 11) is 0. The van der Waals surface area contributed by atoms with Crippen LogP contribution in [0.1, 0.15) is 17.5 Å². The van der Waals surface area contributed by atoms with Gasteiger partial charge in [0.2, 0.25) is 5.91 Å². The van der Waals surface area contributed by atoms with Gasteiger partial charge in [-0.1, -0.05) is 18.2 Å². The standard InChI is InChI=1S/C18H17BrN2O2/c1-11-7-12(2)9-13(8-11)20-15-10-17(22)21(18(15)23)16-6-4-3-5-14(16)19/h3-9,15,20H,10H2,1-2H3/t15-/m0/s1. The number of halogens is 1. The number of rotatable bonds is 3. The average molecular weight is 373 g/mol. The van der Waals surface area contributed by atoms with Gasteiger partial charge in [0.15, 0.2) is 0 Å². The van der Waals surface area contributed by atoms with Crippen LogP contribution in [0.5, 0.6) is 0 Å². The molecule has 5 heteroatoms. The van der Waals surface area contributed by atoms with Crippen molar-refractivity contribution in [3.05, 3.63) is 58.1 Å². The first-order chi connectivity index (χ1) is 11.0. The monoisotopic (exact) mass is 372 g/mol. The van der Waals surface area contributed by atoms with Crippen molar-refractivity contribution in [2.75, 3.05) is 10.2 Å². The molecule has 1 heterocycles. The summed E-state index contributed by atoms with van der Waals surface area (Å²) in [5, 5.41) is 3.19. The van der Waals surface area contributed by atoms with Gasteiger partial charge in [-0.05, 0) is 65.2 Å². The van der Waals surface area contributed by atoms with Gasteiger partial charge in [0, 0.05) is 10.2 Å². The van der Waals surface area contributed by atoms with E-state index in [0.717, 1.165) is 21.3 Å². The van der Waals surface area contributed by atoms with Gasteiger partial charge in [0.1, 0.15) is 6.04 Å². The van der Waals surface area contributed by atoms with Gasteiger partial charge in [-0.3, -0.25) is 9.59 Å². The van der Waals surface area contributed by atoms with E-state index in [1.807, 2.05) is 44.2 Å². The van der Waals surface area contributed by atoms with Crippen LogP contribution >= 0.6 is 15.9 Å². The van der Waals surface area contributed by atoms with Gasteiger partial charge in [-0.15, -0.1) is 0 Å². The third-order valence-corrected chi connectivity index (χ3v) is 4.47. The maximum absolute atomic E-state index is 12.7. The van der Waals surface area contributed by atoms with Gasteiger partial charge in [-0.25, -0.2) is 4.90 Å². The van der Waals surface area contributed by atoms with Gasteiger partial charge < -0.3 is 5.32 Å². The predicted molar refractivity (Wildman–Crippen MR) is 94.6 cm³/mol. The Morgan fingerprint density at radius 1 is 1.09 bits per heavy atom. The minimum atomic E-state index is -0.532. The molecule has 4 nitrogen and oxygen atoms in total. The molecule has 0 spiro atoms. The van der Waals surface area contributed by atoms with Crippen molar-refractivity contribution in [1.82, 2.24) is 0 Å². The number of amides is 2. The first-order valence-electron chi connectivity index (χ1n) is 7.42. The first-order valence-corrected chi connectivity index (χ1v) is 8.21. The van der Waals surface area contributed by atoms with Crippen LogP contribution in [-0.4, -0.2) is 17.9 Å². The molecule has 0 aromatic heterocycles. The van der Waals surface area contributed by atoms with E-state index in [-0.39, 0.29) is 18.2 Å². The Labute approximate surface area is 143 Å². The number of carbonyl (C=O) groups excluding carboxylic acids is 2. The van der Waals surface area contributed by atoms with E-state index in [9.17, 15) is 9.59 Å². The smallest absolute Gasteiger partial charge is 0.256 e. The van der Waals surface area contributed by atoms with Gasteiger partial charge in [-0.2, -0.15) is 0 Å². The lowest BCUT2D eigenvalue weighted by Gasteiger charge is -2.17. The summed E-state index contributed by atoms with van der Waals surface area (Å²) < 4.78 is 0.730. The Bertz CT molecular complexity index is 768. The number of nitrogens with one attached hydrogen (secondary N) is 1. The normalized spacial score (nSPS) is 17.7. The largest absolute Gasteiger partial charge is 0.373 e. The molecule has 0 bridgehead atoms. The minimum absolute atomic E-state index is 0.160. The molecule has 1 atom stereocenters. The maximum atomic E-state index is 12.7. The Morgan fingerprint density at radius 3 is 2.39 bits per heavy atom. The number of carbonyl (C=O) groups is 2. The second-order valence-electron chi connectivity index (χ2n) is 5.80. The van der Waals surface area contributed by atoms with E-state index in [0.29, 0.717) is 5.69 Å². The number of hydrogen-bond acceptors (Lipinski definition) is 3. The lowest BCUT2D eigenvalue weighted by Crippen LogP contribution is -2.35. The molecule has 0 unspecified atom stereocenters. The molecular weight excluding hydrogens is 356 g/mol. The third kappa shape index (κ3) is 3.15. The summed E-state index contributed by atoms with van der Waals surface area (Å²) in [5.41, 5.74) is 3.69. The van der Waals surface area contributed by atoms with Crippen molar-refractivity contribution in [3.63, 3.8) is 0 Å². The topological polar surface area (TPSA) is 49.4 Å². The number of para-hydroxylation sites is 1. The van der Waals surface area contributed by atoms with Gasteiger partial charge in [0.05, 0.1) is 12.1 Å². The average Bonchev–Trinajstić information content (AvgIpc) is 2.73. The van der Waals surface area contributed by atoms with Crippen molar-refractivity contribution >= 4 is 39.1 Å². The van der Waals surface area contributed by atoms with Crippen LogP contribution in [0.3, 0.4) is 0 Å². The molecule has 0 radical (unpaired) electrons. The highest BCUT2D eigenvalue weighted by Gasteiger charge is 2.40. The Morgan fingerprint density at radius 2 is 1.74 bits per heavy atom. The fourth-order valence-electron chi connectivity index (χ4n) is 2.89. The van der Waals surface area contributed by atoms with Crippen molar-refractivity contribution in [2.45, 2.75) is 26.3 Å². The summed E-state index contributed by atoms with van der Waals surface area (Å²) in [6.45, 7) is 4.01. The number of nitrogens with zero attached hydrogens (tertiary/aromatic N) is 1. The second kappa shape index (κ2) is 6.16. The molecule has 1 fully saturated rings. The zero-order valence-electron chi connectivity index (χ0n) is 13.0. The molecule has 1 aliphatic rings. The minimum Gasteiger partial charge on any atom is -0.373 e. The molecule has 1 N–H and O–H groups in total. The fourth-order valence-corrected chi connectivity index (χ4v) is 3.35. The molecule has 1 saturated heterocycles. The van der Waals surface area contributed by atoms with Gasteiger partial charge in [0.25, 0.3) is 5.91 Å². The summed E-state index contributed by atoms with van der Waals surface area (Å²) in [4.78, 5) is 26.2. The van der Waals surface area contributed by atoms with E-state index >= 15 is 0 Å². The SMILES string of the molecule is Cc1cc(C)cc(N[C@H]2CC(=O)N(c3ccccc3Br)C2=O)c1. The molecule has 0 saturated carbocycles. The van der Waals surface area contributed by atoms with Crippen LogP contribution < -0.4 is 10.2 Å². The van der Waals surface area contributed by atoms with Crippen LogP contribution in [0.4, 0.5) is 11.4 Å².